The van der Waals surface area contributed by atoms with Crippen molar-refractivity contribution in [1.29, 1.82) is 0 Å². The van der Waals surface area contributed by atoms with Crippen molar-refractivity contribution in [3.05, 3.63) is 57.6 Å². The van der Waals surface area contributed by atoms with Crippen molar-refractivity contribution in [2.24, 2.45) is 0 Å². The van der Waals surface area contributed by atoms with Crippen LogP contribution in [0.15, 0.2) is 41.3 Å². The third-order valence-electron chi connectivity index (χ3n) is 3.20. The van der Waals surface area contributed by atoms with Gasteiger partial charge in [0.2, 0.25) is 10.0 Å². The Labute approximate surface area is 146 Å². The zero-order valence-corrected chi connectivity index (χ0v) is 15.1. The minimum absolute atomic E-state index is 0.0682. The highest BCUT2D eigenvalue weighted by Crippen LogP contribution is 2.24. The summed E-state index contributed by atoms with van der Waals surface area (Å²) in [5.74, 6) is 0.749. The highest BCUT2D eigenvalue weighted by Gasteiger charge is 2.15. The smallest absolute Gasteiger partial charge is 0.240 e. The molecule has 0 aromatic heterocycles. The Hall–Kier alpha value is -1.27. The summed E-state index contributed by atoms with van der Waals surface area (Å²) in [6.07, 6.45) is 0. The average Bonchev–Trinajstić information content (AvgIpc) is 2.49. The number of hydrogen-bond acceptors (Lipinski definition) is 3. The molecule has 0 heterocycles. The van der Waals surface area contributed by atoms with Crippen molar-refractivity contribution in [3.8, 4) is 5.75 Å². The van der Waals surface area contributed by atoms with Crippen LogP contribution in [-0.2, 0) is 10.0 Å². The van der Waals surface area contributed by atoms with Crippen LogP contribution in [0.1, 0.15) is 11.1 Å². The van der Waals surface area contributed by atoms with Crippen LogP contribution in [0.3, 0.4) is 0 Å². The second kappa shape index (κ2) is 7.53. The molecule has 0 radical (unpaired) electrons. The van der Waals surface area contributed by atoms with Gasteiger partial charge < -0.3 is 4.74 Å². The van der Waals surface area contributed by atoms with Crippen LogP contribution >= 0.6 is 23.2 Å². The molecule has 0 saturated heterocycles. The van der Waals surface area contributed by atoms with Gasteiger partial charge in [-0.1, -0.05) is 35.3 Å². The molecule has 1 N–H and O–H groups in total. The largest absolute Gasteiger partial charge is 0.492 e. The van der Waals surface area contributed by atoms with Crippen molar-refractivity contribution in [2.75, 3.05) is 13.2 Å². The highest BCUT2D eigenvalue weighted by atomic mass is 35.5. The number of hydrogen-bond donors (Lipinski definition) is 1. The summed E-state index contributed by atoms with van der Waals surface area (Å²) in [6.45, 7) is 4.29. The van der Waals surface area contributed by atoms with Crippen LogP contribution < -0.4 is 9.46 Å². The zero-order valence-electron chi connectivity index (χ0n) is 12.8. The van der Waals surface area contributed by atoms with E-state index in [-0.39, 0.29) is 23.1 Å². The van der Waals surface area contributed by atoms with Crippen molar-refractivity contribution in [2.45, 2.75) is 18.7 Å². The quantitative estimate of drug-likeness (QED) is 0.779. The predicted octanol–water partition coefficient (Wildman–Crippen LogP) is 3.97. The molecule has 0 aliphatic carbocycles. The number of aryl methyl sites for hydroxylation is 2. The van der Waals surface area contributed by atoms with E-state index < -0.39 is 10.0 Å². The maximum atomic E-state index is 12.2. The first kappa shape index (κ1) is 18.1. The molecule has 0 spiro atoms. The zero-order chi connectivity index (χ0) is 17.0. The van der Waals surface area contributed by atoms with Crippen molar-refractivity contribution < 1.29 is 13.2 Å². The molecule has 0 bridgehead atoms. The third kappa shape index (κ3) is 4.85. The van der Waals surface area contributed by atoms with E-state index in [1.54, 1.807) is 0 Å². The molecule has 0 amide bonds. The van der Waals surface area contributed by atoms with Crippen molar-refractivity contribution >= 4 is 33.2 Å². The lowest BCUT2D eigenvalue weighted by atomic mass is 10.1. The fourth-order valence-electron chi connectivity index (χ4n) is 1.93. The summed E-state index contributed by atoms with van der Waals surface area (Å²) >= 11 is 11.6. The Morgan fingerprint density at radius 3 is 2.48 bits per heavy atom. The minimum Gasteiger partial charge on any atom is -0.492 e. The number of ether oxygens (including phenoxy) is 1. The number of benzene rings is 2. The summed E-state index contributed by atoms with van der Waals surface area (Å²) < 4.78 is 32.4. The molecule has 2 aromatic rings. The minimum atomic E-state index is -3.65. The molecular weight excluding hydrogens is 357 g/mol. The van der Waals surface area contributed by atoms with E-state index in [1.807, 2.05) is 32.0 Å². The Bertz CT molecular complexity index is 807. The standard InChI is InChI=1S/C16H17Cl2NO3S/c1-11-3-4-12(2)16(9-11)22-8-7-19-23(20,21)13-5-6-14(17)15(18)10-13/h3-6,9-10,19H,7-8H2,1-2H3. The van der Waals surface area contributed by atoms with E-state index in [2.05, 4.69) is 4.72 Å². The van der Waals surface area contributed by atoms with Crippen LogP contribution in [-0.4, -0.2) is 21.6 Å². The molecule has 2 rings (SSSR count). The Balaban J connectivity index is 1.94. The van der Waals surface area contributed by atoms with Gasteiger partial charge in [-0.05, 0) is 49.2 Å². The predicted molar refractivity (Wildman–Crippen MR) is 93.1 cm³/mol. The SMILES string of the molecule is Cc1ccc(C)c(OCCNS(=O)(=O)c2ccc(Cl)c(Cl)c2)c1. The molecule has 23 heavy (non-hydrogen) atoms. The maximum absolute atomic E-state index is 12.2. The third-order valence-corrected chi connectivity index (χ3v) is 5.39. The van der Waals surface area contributed by atoms with Crippen LogP contribution in [0.25, 0.3) is 0 Å². The summed E-state index contributed by atoms with van der Waals surface area (Å²) in [4.78, 5) is 0.0682. The van der Waals surface area contributed by atoms with Gasteiger partial charge in [0.1, 0.15) is 12.4 Å². The summed E-state index contributed by atoms with van der Waals surface area (Å²) in [7, 11) is -3.65. The molecule has 124 valence electrons. The van der Waals surface area contributed by atoms with Crippen molar-refractivity contribution in [3.63, 3.8) is 0 Å². The molecule has 4 nitrogen and oxygen atoms in total. The number of halogens is 2. The first-order valence-electron chi connectivity index (χ1n) is 6.94. The van der Waals surface area contributed by atoms with Crippen molar-refractivity contribution in [1.82, 2.24) is 4.72 Å². The molecule has 2 aromatic carbocycles. The molecule has 0 saturated carbocycles. The van der Waals surface area contributed by atoms with Gasteiger partial charge in [-0.25, -0.2) is 13.1 Å². The molecule has 0 fully saturated rings. The fourth-order valence-corrected chi connectivity index (χ4v) is 3.33. The lowest BCUT2D eigenvalue weighted by molar-refractivity contribution is 0.320. The van der Waals surface area contributed by atoms with E-state index in [1.165, 1.54) is 18.2 Å². The first-order chi connectivity index (χ1) is 10.8. The first-order valence-corrected chi connectivity index (χ1v) is 9.18. The second-order valence-electron chi connectivity index (χ2n) is 5.09. The van der Waals surface area contributed by atoms with Gasteiger partial charge in [0.05, 0.1) is 14.9 Å². The maximum Gasteiger partial charge on any atom is 0.240 e. The Morgan fingerprint density at radius 1 is 1.04 bits per heavy atom. The molecule has 0 aliphatic heterocycles. The number of rotatable bonds is 6. The number of nitrogens with one attached hydrogen (secondary N) is 1. The number of sulfonamides is 1. The van der Waals surface area contributed by atoms with Crippen LogP contribution in [0.4, 0.5) is 0 Å². The van der Waals surface area contributed by atoms with Crippen LogP contribution in [0.5, 0.6) is 5.75 Å². The van der Waals surface area contributed by atoms with Crippen LogP contribution in [0.2, 0.25) is 10.0 Å². The van der Waals surface area contributed by atoms with E-state index in [9.17, 15) is 8.42 Å². The van der Waals surface area contributed by atoms with Gasteiger partial charge in [-0.2, -0.15) is 0 Å². The normalized spacial score (nSPS) is 11.5. The van der Waals surface area contributed by atoms with Gasteiger partial charge in [0.15, 0.2) is 0 Å². The lowest BCUT2D eigenvalue weighted by Gasteiger charge is -2.11. The summed E-state index contributed by atoms with van der Waals surface area (Å²) in [6, 6.07) is 10.0. The molecule has 7 heteroatoms. The van der Waals surface area contributed by atoms with Gasteiger partial charge in [-0.3, -0.25) is 0 Å². The topological polar surface area (TPSA) is 55.4 Å². The average molecular weight is 374 g/mol. The monoisotopic (exact) mass is 373 g/mol. The van der Waals surface area contributed by atoms with Gasteiger partial charge in [0.25, 0.3) is 0 Å². The van der Waals surface area contributed by atoms with Gasteiger partial charge >= 0.3 is 0 Å². The van der Waals surface area contributed by atoms with E-state index >= 15 is 0 Å². The summed E-state index contributed by atoms with van der Waals surface area (Å²) in [5.41, 5.74) is 2.09. The Kier molecular flexibility index (Phi) is 5.92. The molecule has 0 aliphatic rings. The summed E-state index contributed by atoms with van der Waals surface area (Å²) in [5, 5.41) is 0.505. The molecule has 0 unspecified atom stereocenters. The van der Waals surface area contributed by atoms with Gasteiger partial charge in [0, 0.05) is 6.54 Å². The van der Waals surface area contributed by atoms with E-state index in [0.717, 1.165) is 16.9 Å². The lowest BCUT2D eigenvalue weighted by Crippen LogP contribution is -2.28. The molecular formula is C16H17Cl2NO3S. The molecule has 0 atom stereocenters. The fraction of sp³-hybridized carbons (Fsp3) is 0.250. The highest BCUT2D eigenvalue weighted by molar-refractivity contribution is 7.89. The van der Waals surface area contributed by atoms with Gasteiger partial charge in [-0.15, -0.1) is 0 Å². The second-order valence-corrected chi connectivity index (χ2v) is 7.67. The Morgan fingerprint density at radius 2 is 1.78 bits per heavy atom. The van der Waals surface area contributed by atoms with E-state index in [0.29, 0.717) is 5.02 Å². The van der Waals surface area contributed by atoms with E-state index in [4.69, 9.17) is 27.9 Å². The van der Waals surface area contributed by atoms with Crippen LogP contribution in [0, 0.1) is 13.8 Å².